The highest BCUT2D eigenvalue weighted by atomic mass is 16.6. The van der Waals surface area contributed by atoms with Crippen LogP contribution < -0.4 is 0 Å². The summed E-state index contributed by atoms with van der Waals surface area (Å²) >= 11 is 0. The molecule has 2 unspecified atom stereocenters. The number of hydrogen-bond acceptors (Lipinski definition) is 4. The van der Waals surface area contributed by atoms with Gasteiger partial charge in [0.25, 0.3) is 0 Å². The van der Waals surface area contributed by atoms with Crippen molar-refractivity contribution in [3.05, 3.63) is 0 Å². The number of carboxylic acid groups (broad SMARTS) is 1. The van der Waals surface area contributed by atoms with E-state index in [9.17, 15) is 14.7 Å². The van der Waals surface area contributed by atoms with Gasteiger partial charge in [0.1, 0.15) is 5.60 Å². The number of likely N-dealkylation sites (tertiary alicyclic amines) is 1. The molecule has 0 saturated carbocycles. The molecule has 1 amide bonds. The summed E-state index contributed by atoms with van der Waals surface area (Å²) in [7, 11) is 0. The molecule has 0 radical (unpaired) electrons. The van der Waals surface area contributed by atoms with E-state index in [1.54, 1.807) is 20.8 Å². The van der Waals surface area contributed by atoms with Crippen molar-refractivity contribution in [2.45, 2.75) is 50.9 Å². The van der Waals surface area contributed by atoms with E-state index in [1.165, 1.54) is 4.90 Å². The van der Waals surface area contributed by atoms with Crippen LogP contribution in [0.25, 0.3) is 0 Å². The number of ether oxygens (including phenoxy) is 2. The Hall–Kier alpha value is -1.30. The summed E-state index contributed by atoms with van der Waals surface area (Å²) in [6.07, 6.45) is 0.552. The molecule has 1 N–H and O–H groups in total. The number of rotatable bonds is 1. The van der Waals surface area contributed by atoms with Crippen molar-refractivity contribution in [2.24, 2.45) is 0 Å². The number of nitrogens with zero attached hydrogens (tertiary/aromatic N) is 1. The van der Waals surface area contributed by atoms with E-state index in [1.807, 2.05) is 0 Å². The van der Waals surface area contributed by atoms with Gasteiger partial charge in [0.05, 0.1) is 13.2 Å². The number of aliphatic carboxylic acids is 1. The fraction of sp³-hybridized carbons (Fsp3) is 0.833. The van der Waals surface area contributed by atoms with Crippen LogP contribution in [0.4, 0.5) is 4.79 Å². The molecule has 0 aromatic carbocycles. The number of carboxylic acids is 1. The maximum Gasteiger partial charge on any atom is 0.410 e. The number of carbonyl (C=O) groups excluding carboxylic acids is 1. The minimum Gasteiger partial charge on any atom is -0.479 e. The number of hydrogen-bond donors (Lipinski definition) is 1. The lowest BCUT2D eigenvalue weighted by atomic mass is 9.96. The van der Waals surface area contributed by atoms with Gasteiger partial charge in [0, 0.05) is 12.5 Å². The largest absolute Gasteiger partial charge is 0.479 e. The third-order valence-electron chi connectivity index (χ3n) is 3.28. The Morgan fingerprint density at radius 3 is 2.61 bits per heavy atom. The zero-order chi connectivity index (χ0) is 13.6. The van der Waals surface area contributed by atoms with Crippen molar-refractivity contribution in [2.75, 3.05) is 13.2 Å². The second-order valence-corrected chi connectivity index (χ2v) is 5.90. The average molecular weight is 257 g/mol. The van der Waals surface area contributed by atoms with Gasteiger partial charge in [-0.25, -0.2) is 9.59 Å². The first-order valence-electron chi connectivity index (χ1n) is 6.10. The average Bonchev–Trinajstić information content (AvgIpc) is 2.49. The molecule has 0 aliphatic carbocycles. The molecule has 2 saturated heterocycles. The molecule has 2 heterocycles. The van der Waals surface area contributed by atoms with Crippen LogP contribution in [0.15, 0.2) is 0 Å². The summed E-state index contributed by atoms with van der Waals surface area (Å²) in [5.41, 5.74) is -1.81. The Balaban J connectivity index is 2.12. The van der Waals surface area contributed by atoms with Crippen LogP contribution in [0.5, 0.6) is 0 Å². The van der Waals surface area contributed by atoms with Crippen LogP contribution in [0.2, 0.25) is 0 Å². The molecule has 2 aliphatic rings. The van der Waals surface area contributed by atoms with Gasteiger partial charge in [-0.15, -0.1) is 0 Å². The highest BCUT2D eigenvalue weighted by Gasteiger charge is 2.55. The molecular weight excluding hydrogens is 238 g/mol. The van der Waals surface area contributed by atoms with Gasteiger partial charge < -0.3 is 19.5 Å². The zero-order valence-electron chi connectivity index (χ0n) is 10.9. The van der Waals surface area contributed by atoms with Crippen LogP contribution in [-0.2, 0) is 14.3 Å². The molecule has 102 valence electrons. The van der Waals surface area contributed by atoms with Crippen molar-refractivity contribution < 1.29 is 24.2 Å². The standard InChI is InChI=1S/C12H19NO5/c1-11(2,3)18-10(16)13-7-12(9(14)15)6-8(13)4-5-17-12/h8H,4-7H2,1-3H3,(H,14,15). The smallest absolute Gasteiger partial charge is 0.410 e. The third kappa shape index (κ3) is 2.29. The van der Waals surface area contributed by atoms with E-state index >= 15 is 0 Å². The number of carbonyl (C=O) groups is 2. The van der Waals surface area contributed by atoms with Gasteiger partial charge in [-0.3, -0.25) is 0 Å². The Bertz CT molecular complexity index is 375. The highest BCUT2D eigenvalue weighted by molar-refractivity contribution is 5.81. The molecule has 2 atom stereocenters. The summed E-state index contributed by atoms with van der Waals surface area (Å²) in [4.78, 5) is 24.8. The van der Waals surface area contributed by atoms with Gasteiger partial charge in [-0.05, 0) is 27.2 Å². The molecule has 6 nitrogen and oxygen atoms in total. The Labute approximate surface area is 106 Å². The number of amides is 1. The summed E-state index contributed by atoms with van der Waals surface area (Å²) in [6.45, 7) is 5.81. The van der Waals surface area contributed by atoms with Crippen molar-refractivity contribution in [1.29, 1.82) is 0 Å². The molecule has 0 aromatic heterocycles. The summed E-state index contributed by atoms with van der Waals surface area (Å²) in [6, 6.07) is -0.0929. The Morgan fingerprint density at radius 1 is 1.44 bits per heavy atom. The lowest BCUT2D eigenvalue weighted by Gasteiger charge is -2.28. The van der Waals surface area contributed by atoms with Crippen LogP contribution in [-0.4, -0.2) is 52.5 Å². The minimum atomic E-state index is -1.24. The normalized spacial score (nSPS) is 31.3. The Morgan fingerprint density at radius 2 is 2.11 bits per heavy atom. The first-order valence-corrected chi connectivity index (χ1v) is 6.10. The first-order chi connectivity index (χ1) is 8.23. The maximum atomic E-state index is 12.0. The molecular formula is C12H19NO5. The minimum absolute atomic E-state index is 0.0713. The molecule has 2 bridgehead atoms. The van der Waals surface area contributed by atoms with Gasteiger partial charge >= 0.3 is 12.1 Å². The number of fused-ring (bicyclic) bond motifs is 2. The van der Waals surface area contributed by atoms with Crippen LogP contribution in [0.3, 0.4) is 0 Å². The summed E-state index contributed by atoms with van der Waals surface area (Å²) < 4.78 is 10.7. The lowest BCUT2D eigenvalue weighted by Crippen LogP contribution is -2.45. The van der Waals surface area contributed by atoms with Crippen molar-refractivity contribution in [1.82, 2.24) is 4.90 Å². The van der Waals surface area contributed by atoms with Crippen molar-refractivity contribution in [3.63, 3.8) is 0 Å². The van der Waals surface area contributed by atoms with Gasteiger partial charge in [0.2, 0.25) is 0 Å². The van der Waals surface area contributed by atoms with Crippen LogP contribution in [0.1, 0.15) is 33.6 Å². The van der Waals surface area contributed by atoms with E-state index in [4.69, 9.17) is 9.47 Å². The second kappa shape index (κ2) is 4.12. The fourth-order valence-corrected chi connectivity index (χ4v) is 2.46. The molecule has 18 heavy (non-hydrogen) atoms. The van der Waals surface area contributed by atoms with Crippen LogP contribution >= 0.6 is 0 Å². The lowest BCUT2D eigenvalue weighted by molar-refractivity contribution is -0.166. The van der Waals surface area contributed by atoms with E-state index < -0.39 is 23.3 Å². The molecule has 2 rings (SSSR count). The molecule has 6 heteroatoms. The van der Waals surface area contributed by atoms with Gasteiger partial charge in [0.15, 0.2) is 5.60 Å². The predicted molar refractivity (Wildman–Crippen MR) is 62.3 cm³/mol. The van der Waals surface area contributed by atoms with Crippen molar-refractivity contribution >= 4 is 12.1 Å². The molecule has 2 aliphatic heterocycles. The summed E-state index contributed by atoms with van der Waals surface area (Å²) in [5.74, 6) is -1.00. The maximum absolute atomic E-state index is 12.0. The molecule has 0 aromatic rings. The Kier molecular flexibility index (Phi) is 3.01. The quantitative estimate of drug-likeness (QED) is 0.764. The van der Waals surface area contributed by atoms with E-state index in [2.05, 4.69) is 0 Å². The first kappa shape index (κ1) is 13.1. The van der Waals surface area contributed by atoms with Crippen LogP contribution in [0, 0.1) is 0 Å². The fourth-order valence-electron chi connectivity index (χ4n) is 2.46. The topological polar surface area (TPSA) is 76.1 Å². The SMILES string of the molecule is CC(C)(C)OC(=O)N1CC2(C(=O)O)CC1CCO2. The molecule has 2 fully saturated rings. The van der Waals surface area contributed by atoms with E-state index in [0.29, 0.717) is 19.4 Å². The zero-order valence-corrected chi connectivity index (χ0v) is 10.9. The highest BCUT2D eigenvalue weighted by Crippen LogP contribution is 2.37. The van der Waals surface area contributed by atoms with Crippen molar-refractivity contribution in [3.8, 4) is 0 Å². The second-order valence-electron chi connectivity index (χ2n) is 5.90. The third-order valence-corrected chi connectivity index (χ3v) is 3.28. The van der Waals surface area contributed by atoms with E-state index in [-0.39, 0.29) is 12.6 Å². The van der Waals surface area contributed by atoms with Gasteiger partial charge in [-0.1, -0.05) is 0 Å². The van der Waals surface area contributed by atoms with Gasteiger partial charge in [-0.2, -0.15) is 0 Å². The monoisotopic (exact) mass is 257 g/mol. The molecule has 0 spiro atoms. The predicted octanol–water partition coefficient (Wildman–Crippen LogP) is 1.24. The summed E-state index contributed by atoms with van der Waals surface area (Å²) in [5, 5.41) is 9.24. The van der Waals surface area contributed by atoms with E-state index in [0.717, 1.165) is 0 Å².